The van der Waals surface area contributed by atoms with Gasteiger partial charge in [-0.2, -0.15) is 0 Å². The highest BCUT2D eigenvalue weighted by Gasteiger charge is 2.32. The maximum atomic E-state index is 11.7. The van der Waals surface area contributed by atoms with Gasteiger partial charge in [-0.1, -0.05) is 0 Å². The third-order valence-electron chi connectivity index (χ3n) is 3.31. The van der Waals surface area contributed by atoms with E-state index in [1.165, 1.54) is 0 Å². The molecule has 2 rings (SSSR count). The Labute approximate surface area is 119 Å². The molecule has 1 atom stereocenters. The number of ether oxygens (including phenoxy) is 2. The topological polar surface area (TPSA) is 65.4 Å². The molecule has 0 bridgehead atoms. The van der Waals surface area contributed by atoms with E-state index in [-0.39, 0.29) is 5.54 Å². The standard InChI is InChI=1S/C14H23N3O3/c1-13(2,3)20-12(18)16-8-11-7-15-10-17(11)14(4)5-6-19-9-14/h7,10H,5-6,8-9H2,1-4H3,(H,16,18). The lowest BCUT2D eigenvalue weighted by Crippen LogP contribution is -2.35. The molecular weight excluding hydrogens is 258 g/mol. The van der Waals surface area contributed by atoms with Crippen LogP contribution < -0.4 is 5.32 Å². The summed E-state index contributed by atoms with van der Waals surface area (Å²) in [5.41, 5.74) is 0.376. The number of rotatable bonds is 3. The third kappa shape index (κ3) is 3.50. The van der Waals surface area contributed by atoms with Crippen LogP contribution in [0.5, 0.6) is 0 Å². The molecule has 0 aromatic carbocycles. The number of carbonyl (C=O) groups excluding carboxylic acids is 1. The van der Waals surface area contributed by atoms with Crippen LogP contribution in [-0.4, -0.2) is 34.5 Å². The van der Waals surface area contributed by atoms with Gasteiger partial charge >= 0.3 is 6.09 Å². The van der Waals surface area contributed by atoms with E-state index in [0.29, 0.717) is 13.2 Å². The van der Waals surface area contributed by atoms with E-state index in [1.54, 1.807) is 12.5 Å². The van der Waals surface area contributed by atoms with Crippen LogP contribution in [0.4, 0.5) is 4.79 Å². The van der Waals surface area contributed by atoms with Crippen LogP contribution in [0, 0.1) is 0 Å². The third-order valence-corrected chi connectivity index (χ3v) is 3.31. The summed E-state index contributed by atoms with van der Waals surface area (Å²) < 4.78 is 12.8. The van der Waals surface area contributed by atoms with Crippen molar-refractivity contribution in [2.24, 2.45) is 0 Å². The monoisotopic (exact) mass is 281 g/mol. The molecule has 112 valence electrons. The summed E-state index contributed by atoms with van der Waals surface area (Å²) >= 11 is 0. The first-order chi connectivity index (χ1) is 9.30. The summed E-state index contributed by atoms with van der Waals surface area (Å²) in [6.07, 6.45) is 4.09. The maximum Gasteiger partial charge on any atom is 0.407 e. The number of aromatic nitrogens is 2. The zero-order valence-corrected chi connectivity index (χ0v) is 12.6. The quantitative estimate of drug-likeness (QED) is 0.921. The number of imidazole rings is 1. The Morgan fingerprint density at radius 3 is 2.95 bits per heavy atom. The highest BCUT2D eigenvalue weighted by Crippen LogP contribution is 2.27. The molecule has 1 aliphatic heterocycles. The Kier molecular flexibility index (Phi) is 4.04. The van der Waals surface area contributed by atoms with E-state index >= 15 is 0 Å². The molecule has 1 fully saturated rings. The highest BCUT2D eigenvalue weighted by atomic mass is 16.6. The summed E-state index contributed by atoms with van der Waals surface area (Å²) in [5, 5.41) is 2.76. The van der Waals surface area contributed by atoms with Gasteiger partial charge in [-0.3, -0.25) is 0 Å². The van der Waals surface area contributed by atoms with E-state index in [2.05, 4.69) is 21.8 Å². The van der Waals surface area contributed by atoms with Gasteiger partial charge in [0.25, 0.3) is 0 Å². The number of nitrogens with one attached hydrogen (secondary N) is 1. The first kappa shape index (κ1) is 14.8. The number of hydrogen-bond acceptors (Lipinski definition) is 4. The van der Waals surface area contributed by atoms with Crippen molar-refractivity contribution in [1.29, 1.82) is 0 Å². The average Bonchev–Trinajstić information content (AvgIpc) is 2.93. The van der Waals surface area contributed by atoms with E-state index < -0.39 is 11.7 Å². The minimum absolute atomic E-state index is 0.0819. The molecule has 6 nitrogen and oxygen atoms in total. The van der Waals surface area contributed by atoms with Crippen LogP contribution in [0.3, 0.4) is 0 Å². The number of nitrogens with zero attached hydrogens (tertiary/aromatic N) is 2. The van der Waals surface area contributed by atoms with Gasteiger partial charge < -0.3 is 19.4 Å². The van der Waals surface area contributed by atoms with E-state index in [9.17, 15) is 4.79 Å². The molecule has 1 N–H and O–H groups in total. The molecule has 1 saturated heterocycles. The predicted octanol–water partition coefficient (Wildman–Crippen LogP) is 2.04. The Balaban J connectivity index is 1.98. The molecule has 1 unspecified atom stereocenters. The fraction of sp³-hybridized carbons (Fsp3) is 0.714. The van der Waals surface area contributed by atoms with Gasteiger partial charge in [0.1, 0.15) is 5.60 Å². The van der Waals surface area contributed by atoms with Gasteiger partial charge in [0, 0.05) is 12.8 Å². The van der Waals surface area contributed by atoms with Gasteiger partial charge in [0.2, 0.25) is 0 Å². The normalized spacial score (nSPS) is 22.8. The van der Waals surface area contributed by atoms with E-state index in [1.807, 2.05) is 20.8 Å². The number of alkyl carbamates (subject to hydrolysis) is 1. The van der Waals surface area contributed by atoms with Crippen LogP contribution in [0.1, 0.15) is 39.8 Å². The Morgan fingerprint density at radius 1 is 1.60 bits per heavy atom. The lowest BCUT2D eigenvalue weighted by molar-refractivity contribution is 0.0521. The van der Waals surface area contributed by atoms with Crippen molar-refractivity contribution in [2.75, 3.05) is 13.2 Å². The number of hydrogen-bond donors (Lipinski definition) is 1. The molecule has 0 aliphatic carbocycles. The Bertz CT molecular complexity index is 470. The van der Waals surface area contributed by atoms with Crippen molar-refractivity contribution in [1.82, 2.24) is 14.9 Å². The Hall–Kier alpha value is -1.56. The molecule has 6 heteroatoms. The summed E-state index contributed by atoms with van der Waals surface area (Å²) in [7, 11) is 0. The number of amides is 1. The van der Waals surface area contributed by atoms with Crippen molar-refractivity contribution in [2.45, 2.75) is 51.8 Å². The molecule has 2 heterocycles. The second-order valence-electron chi connectivity index (χ2n) is 6.41. The minimum Gasteiger partial charge on any atom is -0.444 e. The lowest BCUT2D eigenvalue weighted by Gasteiger charge is -2.26. The van der Waals surface area contributed by atoms with Crippen LogP contribution in [0.2, 0.25) is 0 Å². The largest absolute Gasteiger partial charge is 0.444 e. The van der Waals surface area contributed by atoms with Gasteiger partial charge in [-0.25, -0.2) is 9.78 Å². The fourth-order valence-corrected chi connectivity index (χ4v) is 2.26. The molecule has 1 aliphatic rings. The van der Waals surface area contributed by atoms with Gasteiger partial charge in [-0.05, 0) is 34.1 Å². The smallest absolute Gasteiger partial charge is 0.407 e. The minimum atomic E-state index is -0.490. The van der Waals surface area contributed by atoms with E-state index in [0.717, 1.165) is 18.7 Å². The molecular formula is C14H23N3O3. The van der Waals surface area contributed by atoms with Crippen molar-refractivity contribution >= 4 is 6.09 Å². The van der Waals surface area contributed by atoms with Crippen molar-refractivity contribution in [3.05, 3.63) is 18.2 Å². The second-order valence-corrected chi connectivity index (χ2v) is 6.41. The summed E-state index contributed by atoms with van der Waals surface area (Å²) in [6, 6.07) is 0. The zero-order valence-electron chi connectivity index (χ0n) is 12.6. The molecule has 0 saturated carbocycles. The summed E-state index contributed by atoms with van der Waals surface area (Å²) in [4.78, 5) is 15.9. The number of carbonyl (C=O) groups is 1. The SMILES string of the molecule is CC(C)(C)OC(=O)NCc1cncn1C1(C)CCOC1. The van der Waals surface area contributed by atoms with Gasteiger partial charge in [0.15, 0.2) is 0 Å². The zero-order chi connectivity index (χ0) is 14.8. The molecule has 0 spiro atoms. The van der Waals surface area contributed by atoms with Gasteiger partial charge in [0.05, 0.1) is 30.7 Å². The average molecular weight is 281 g/mol. The van der Waals surface area contributed by atoms with Crippen molar-refractivity contribution in [3.8, 4) is 0 Å². The highest BCUT2D eigenvalue weighted by molar-refractivity contribution is 5.67. The summed E-state index contributed by atoms with van der Waals surface area (Å²) in [6.45, 7) is 9.48. The first-order valence-corrected chi connectivity index (χ1v) is 6.86. The van der Waals surface area contributed by atoms with Gasteiger partial charge in [-0.15, -0.1) is 0 Å². The van der Waals surface area contributed by atoms with Crippen LogP contribution >= 0.6 is 0 Å². The second kappa shape index (κ2) is 5.44. The Morgan fingerprint density at radius 2 is 2.35 bits per heavy atom. The summed E-state index contributed by atoms with van der Waals surface area (Å²) in [5.74, 6) is 0. The molecule has 1 aromatic heterocycles. The lowest BCUT2D eigenvalue weighted by atomic mass is 10.0. The molecule has 1 amide bonds. The maximum absolute atomic E-state index is 11.7. The van der Waals surface area contributed by atoms with Crippen LogP contribution in [-0.2, 0) is 21.6 Å². The predicted molar refractivity (Wildman–Crippen MR) is 74.4 cm³/mol. The van der Waals surface area contributed by atoms with E-state index in [4.69, 9.17) is 9.47 Å². The molecule has 0 radical (unpaired) electrons. The van der Waals surface area contributed by atoms with Crippen molar-refractivity contribution < 1.29 is 14.3 Å². The molecule has 1 aromatic rings. The first-order valence-electron chi connectivity index (χ1n) is 6.86. The van der Waals surface area contributed by atoms with Crippen LogP contribution in [0.25, 0.3) is 0 Å². The van der Waals surface area contributed by atoms with Crippen LogP contribution in [0.15, 0.2) is 12.5 Å². The molecule has 20 heavy (non-hydrogen) atoms. The van der Waals surface area contributed by atoms with Crippen molar-refractivity contribution in [3.63, 3.8) is 0 Å². The fourth-order valence-electron chi connectivity index (χ4n) is 2.26.